The van der Waals surface area contributed by atoms with E-state index in [4.69, 9.17) is 4.42 Å². The average Bonchev–Trinajstić information content (AvgIpc) is 3.91. The van der Waals surface area contributed by atoms with Crippen molar-refractivity contribution in [1.82, 2.24) is 0 Å². The number of hydrogen-bond donors (Lipinski definition) is 0. The van der Waals surface area contributed by atoms with Gasteiger partial charge in [0.2, 0.25) is 0 Å². The highest BCUT2D eigenvalue weighted by atomic mass is 32.1. The molecule has 10 aromatic rings. The number of hydrogen-bond acceptors (Lipinski definition) is 4. The van der Waals surface area contributed by atoms with Gasteiger partial charge in [0.15, 0.2) is 0 Å². The standard InChI is InChI=1S/C60H47BN2OS/c1-36-33-45-46(59(4,5)32-31-58(45,2)3)35-48(36)62-56-52-40-23-12-16-29-49(40)64-50(52)34-42-39-25-18-27-44-55(39)63(61(53(42)56)54-41-24-13-17-30-51(41)65-57(54)62)47-28-15-14-26-43(47)60(44,37-19-8-6-9-20-37)38-21-10-7-11-22-38/h6-30,33-35H,31-32H2,1-5H3. The van der Waals surface area contributed by atoms with E-state index in [2.05, 4.69) is 214 Å². The minimum atomic E-state index is -0.578. The second-order valence-corrected chi connectivity index (χ2v) is 21.3. The van der Waals surface area contributed by atoms with E-state index < -0.39 is 5.41 Å². The summed E-state index contributed by atoms with van der Waals surface area (Å²) in [6, 6.07) is 64.2. The van der Waals surface area contributed by atoms with Gasteiger partial charge in [0.1, 0.15) is 11.2 Å². The lowest BCUT2D eigenvalue weighted by molar-refractivity contribution is 0.332. The van der Waals surface area contributed by atoms with Gasteiger partial charge in [-0.2, -0.15) is 0 Å². The monoisotopic (exact) mass is 854 g/mol. The van der Waals surface area contributed by atoms with Crippen molar-refractivity contribution in [3.8, 4) is 11.1 Å². The Bertz CT molecular complexity index is 3620. The van der Waals surface area contributed by atoms with Gasteiger partial charge in [0, 0.05) is 27.0 Å². The van der Waals surface area contributed by atoms with Crippen LogP contribution in [-0.2, 0) is 16.2 Å². The van der Waals surface area contributed by atoms with Crippen molar-refractivity contribution in [3.05, 3.63) is 209 Å². The third-order valence-corrected chi connectivity index (χ3v) is 17.1. The molecule has 0 fully saturated rings. The molecule has 0 saturated carbocycles. The normalized spacial score (nSPS) is 16.8. The summed E-state index contributed by atoms with van der Waals surface area (Å²) in [5.74, 6) is 0. The van der Waals surface area contributed by atoms with Crippen molar-refractivity contribution < 1.29 is 4.42 Å². The molecule has 3 aliphatic heterocycles. The molecule has 4 aliphatic rings. The lowest BCUT2D eigenvalue weighted by Gasteiger charge is -2.52. The number of thiophene rings is 1. The minimum absolute atomic E-state index is 0.0409. The van der Waals surface area contributed by atoms with Crippen LogP contribution < -0.4 is 20.6 Å². The molecule has 14 rings (SSSR count). The Hall–Kier alpha value is -6.82. The molecular weight excluding hydrogens is 808 g/mol. The Morgan fingerprint density at radius 3 is 1.91 bits per heavy atom. The molecule has 0 saturated heterocycles. The first kappa shape index (κ1) is 37.5. The van der Waals surface area contributed by atoms with Gasteiger partial charge in [-0.3, -0.25) is 0 Å². The van der Waals surface area contributed by atoms with Gasteiger partial charge in [-0.25, -0.2) is 0 Å². The predicted octanol–water partition coefficient (Wildman–Crippen LogP) is 14.9. The van der Waals surface area contributed by atoms with Gasteiger partial charge in [-0.15, -0.1) is 11.3 Å². The number of aryl methyl sites for hydroxylation is 1. The van der Waals surface area contributed by atoms with Crippen molar-refractivity contribution >= 4 is 88.9 Å². The second kappa shape index (κ2) is 12.9. The maximum absolute atomic E-state index is 7.04. The summed E-state index contributed by atoms with van der Waals surface area (Å²) in [6.45, 7) is 12.0. The van der Waals surface area contributed by atoms with Gasteiger partial charge in [-0.1, -0.05) is 167 Å². The van der Waals surface area contributed by atoms with Crippen molar-refractivity contribution in [2.75, 3.05) is 9.71 Å². The molecule has 8 aromatic carbocycles. The smallest absolute Gasteiger partial charge is 0.334 e. The van der Waals surface area contributed by atoms with Crippen LogP contribution in [0.4, 0.5) is 27.8 Å². The Labute approximate surface area is 384 Å². The zero-order chi connectivity index (χ0) is 43.6. The van der Waals surface area contributed by atoms with Crippen LogP contribution in [0.2, 0.25) is 0 Å². The van der Waals surface area contributed by atoms with Gasteiger partial charge < -0.3 is 14.1 Å². The first-order valence-corrected chi connectivity index (χ1v) is 24.1. The van der Waals surface area contributed by atoms with Crippen molar-refractivity contribution in [2.45, 2.75) is 63.7 Å². The molecule has 0 amide bonds. The highest BCUT2D eigenvalue weighted by Gasteiger charge is 2.55. The fourth-order valence-electron chi connectivity index (χ4n) is 12.8. The fourth-order valence-corrected chi connectivity index (χ4v) is 14.1. The molecule has 0 spiro atoms. The first-order chi connectivity index (χ1) is 31.7. The maximum atomic E-state index is 7.04. The predicted molar refractivity (Wildman–Crippen MR) is 275 cm³/mol. The van der Waals surface area contributed by atoms with E-state index in [0.29, 0.717) is 0 Å². The molecule has 1 aliphatic carbocycles. The Morgan fingerprint density at radius 1 is 0.523 bits per heavy atom. The van der Waals surface area contributed by atoms with E-state index in [1.165, 1.54) is 111 Å². The molecule has 5 heteroatoms. The topological polar surface area (TPSA) is 19.6 Å². The Balaban J connectivity index is 1.18. The van der Waals surface area contributed by atoms with Crippen molar-refractivity contribution in [2.24, 2.45) is 0 Å². The van der Waals surface area contributed by atoms with Crippen LogP contribution in [0, 0.1) is 6.92 Å². The van der Waals surface area contributed by atoms with Crippen LogP contribution in [0.1, 0.15) is 79.5 Å². The molecule has 0 bridgehead atoms. The highest BCUT2D eigenvalue weighted by Crippen LogP contribution is 2.62. The maximum Gasteiger partial charge on any atom is 0.334 e. The first-order valence-electron chi connectivity index (χ1n) is 23.3. The van der Waals surface area contributed by atoms with Crippen molar-refractivity contribution in [3.63, 3.8) is 0 Å². The third-order valence-electron chi connectivity index (χ3n) is 15.9. The summed E-state index contributed by atoms with van der Waals surface area (Å²) in [5, 5.41) is 4.92. The highest BCUT2D eigenvalue weighted by molar-refractivity contribution is 7.26. The summed E-state index contributed by atoms with van der Waals surface area (Å²) >= 11 is 1.94. The van der Waals surface area contributed by atoms with E-state index in [0.717, 1.165) is 23.0 Å². The Morgan fingerprint density at radius 2 is 1.15 bits per heavy atom. The van der Waals surface area contributed by atoms with Gasteiger partial charge >= 0.3 is 6.85 Å². The van der Waals surface area contributed by atoms with Crippen LogP contribution >= 0.6 is 11.3 Å². The molecule has 2 aromatic heterocycles. The zero-order valence-corrected chi connectivity index (χ0v) is 38.2. The van der Waals surface area contributed by atoms with Gasteiger partial charge in [-0.05, 0) is 122 Å². The van der Waals surface area contributed by atoms with Crippen molar-refractivity contribution in [1.29, 1.82) is 0 Å². The fraction of sp³-hybridized carbons (Fsp3) is 0.167. The Kier molecular flexibility index (Phi) is 7.47. The van der Waals surface area contributed by atoms with Crippen LogP contribution in [0.25, 0.3) is 43.2 Å². The summed E-state index contributed by atoms with van der Waals surface area (Å²) in [4.78, 5) is 5.45. The second-order valence-electron chi connectivity index (χ2n) is 20.2. The van der Waals surface area contributed by atoms with Gasteiger partial charge in [0.25, 0.3) is 0 Å². The molecule has 0 radical (unpaired) electrons. The summed E-state index contributed by atoms with van der Waals surface area (Å²) in [5.41, 5.74) is 20.9. The molecule has 0 unspecified atom stereocenters. The summed E-state index contributed by atoms with van der Waals surface area (Å²) in [7, 11) is 0. The number of anilines is 5. The van der Waals surface area contributed by atoms with Crippen LogP contribution in [0.5, 0.6) is 0 Å². The molecule has 0 atom stereocenters. The van der Waals surface area contributed by atoms with Crippen LogP contribution in [0.15, 0.2) is 174 Å². The van der Waals surface area contributed by atoms with E-state index >= 15 is 0 Å². The molecule has 65 heavy (non-hydrogen) atoms. The number of furan rings is 1. The summed E-state index contributed by atoms with van der Waals surface area (Å²) < 4.78 is 8.34. The lowest BCUT2D eigenvalue weighted by atomic mass is 9.42. The quantitative estimate of drug-likeness (QED) is 0.165. The number of nitrogens with zero attached hydrogens (tertiary/aromatic N) is 2. The van der Waals surface area contributed by atoms with E-state index in [1.807, 2.05) is 11.3 Å². The third kappa shape index (κ3) is 4.76. The number of benzene rings is 8. The molecular formula is C60H47BN2OS. The zero-order valence-electron chi connectivity index (χ0n) is 37.4. The average molecular weight is 855 g/mol. The SMILES string of the molecule is Cc1cc2c(cc1N1c3sc4ccccc4c3B3c4c(cc5oc6ccccc6c5c41)-c1cccc4c1N3c1ccccc1C4(c1ccccc1)c1ccccc1)C(C)(C)CCC2(C)C. The minimum Gasteiger partial charge on any atom is -0.456 e. The number of rotatable bonds is 3. The molecule has 5 heterocycles. The largest absolute Gasteiger partial charge is 0.456 e. The van der Waals surface area contributed by atoms with Gasteiger partial charge in [0.05, 0.1) is 27.2 Å². The number of fused-ring (bicyclic) bond motifs is 13. The lowest BCUT2D eigenvalue weighted by Crippen LogP contribution is -2.63. The molecule has 3 nitrogen and oxygen atoms in total. The van der Waals surface area contributed by atoms with E-state index in [9.17, 15) is 0 Å². The van der Waals surface area contributed by atoms with Crippen LogP contribution in [0.3, 0.4) is 0 Å². The number of para-hydroxylation sites is 3. The van der Waals surface area contributed by atoms with E-state index in [-0.39, 0.29) is 17.7 Å². The van der Waals surface area contributed by atoms with Crippen LogP contribution in [-0.4, -0.2) is 6.85 Å². The van der Waals surface area contributed by atoms with E-state index in [1.54, 1.807) is 0 Å². The molecule has 0 N–H and O–H groups in total. The summed E-state index contributed by atoms with van der Waals surface area (Å²) in [6.07, 6.45) is 2.34. The molecule has 312 valence electrons.